The molecule has 0 unspecified atom stereocenters. The molecule has 1 aliphatic heterocycles. The smallest absolute Gasteiger partial charge is 0.239 e. The van der Waals surface area contributed by atoms with Gasteiger partial charge in [0, 0.05) is 31.9 Å². The van der Waals surface area contributed by atoms with Crippen molar-refractivity contribution in [3.63, 3.8) is 0 Å². The summed E-state index contributed by atoms with van der Waals surface area (Å²) < 4.78 is 5.74. The molecule has 29 heavy (non-hydrogen) atoms. The number of amides is 3. The molecule has 0 atom stereocenters. The zero-order valence-corrected chi connectivity index (χ0v) is 16.6. The Labute approximate surface area is 170 Å². The van der Waals surface area contributed by atoms with E-state index in [1.807, 2.05) is 30.3 Å². The Bertz CT molecular complexity index is 857. The van der Waals surface area contributed by atoms with E-state index in [-0.39, 0.29) is 11.8 Å². The highest BCUT2D eigenvalue weighted by Crippen LogP contribution is 2.25. The van der Waals surface area contributed by atoms with Gasteiger partial charge < -0.3 is 19.9 Å². The summed E-state index contributed by atoms with van der Waals surface area (Å²) in [6, 6.07) is 16.4. The fourth-order valence-electron chi connectivity index (χ4n) is 3.04. The van der Waals surface area contributed by atoms with Crippen LogP contribution in [0.4, 0.5) is 5.69 Å². The lowest BCUT2D eigenvalue weighted by molar-refractivity contribution is -0.148. The van der Waals surface area contributed by atoms with Crippen molar-refractivity contribution in [2.45, 2.75) is 13.8 Å². The Balaban J connectivity index is 1.59. The normalized spacial score (nSPS) is 14.3. The number of carbonyl (C=O) groups excluding carboxylic acids is 3. The van der Waals surface area contributed by atoms with Gasteiger partial charge in [0.25, 0.3) is 0 Å². The van der Waals surface area contributed by atoms with E-state index in [1.54, 1.807) is 47.9 Å². The summed E-state index contributed by atoms with van der Waals surface area (Å²) in [7, 11) is 0. The van der Waals surface area contributed by atoms with Gasteiger partial charge in [0.15, 0.2) is 0 Å². The first-order chi connectivity index (χ1) is 13.9. The maximum Gasteiger partial charge on any atom is 0.239 e. The lowest BCUT2D eigenvalue weighted by atomic mass is 9.89. The molecule has 1 saturated heterocycles. The Morgan fingerprint density at radius 1 is 0.931 bits per heavy atom. The molecular formula is C22H25N3O4. The quantitative estimate of drug-likeness (QED) is 0.603. The molecule has 0 bridgehead atoms. The van der Waals surface area contributed by atoms with Gasteiger partial charge in [-0.25, -0.2) is 0 Å². The van der Waals surface area contributed by atoms with Gasteiger partial charge in [-0.2, -0.15) is 0 Å². The van der Waals surface area contributed by atoms with Gasteiger partial charge >= 0.3 is 0 Å². The number of para-hydroxylation sites is 1. The predicted molar refractivity (Wildman–Crippen MR) is 110 cm³/mol. The molecule has 1 fully saturated rings. The summed E-state index contributed by atoms with van der Waals surface area (Å²) in [4.78, 5) is 39.7. The first-order valence-corrected chi connectivity index (χ1v) is 9.53. The fourth-order valence-corrected chi connectivity index (χ4v) is 3.04. The van der Waals surface area contributed by atoms with E-state index >= 15 is 0 Å². The molecule has 0 radical (unpaired) electrons. The summed E-state index contributed by atoms with van der Waals surface area (Å²) in [5.41, 5.74) is -0.634. The van der Waals surface area contributed by atoms with Gasteiger partial charge in [-0.1, -0.05) is 18.2 Å². The topological polar surface area (TPSA) is 79.0 Å². The summed E-state index contributed by atoms with van der Waals surface area (Å²) in [6.07, 6.45) is 0.783. The van der Waals surface area contributed by atoms with Gasteiger partial charge in [0.1, 0.15) is 16.9 Å². The molecule has 0 saturated carbocycles. The molecule has 152 valence electrons. The van der Waals surface area contributed by atoms with Crippen molar-refractivity contribution in [1.29, 1.82) is 0 Å². The number of rotatable bonds is 6. The molecular weight excluding hydrogens is 370 g/mol. The van der Waals surface area contributed by atoms with E-state index in [0.29, 0.717) is 37.6 Å². The van der Waals surface area contributed by atoms with Crippen LogP contribution in [0.5, 0.6) is 11.5 Å². The van der Waals surface area contributed by atoms with Gasteiger partial charge in [0.05, 0.1) is 0 Å². The van der Waals surface area contributed by atoms with Crippen LogP contribution in [-0.2, 0) is 14.4 Å². The zero-order valence-electron chi connectivity index (χ0n) is 16.6. The highest BCUT2D eigenvalue weighted by atomic mass is 16.5. The number of piperazine rings is 1. The minimum atomic E-state index is -1.22. The first kappa shape index (κ1) is 20.4. The highest BCUT2D eigenvalue weighted by Gasteiger charge is 2.40. The number of anilines is 1. The second-order valence-electron chi connectivity index (χ2n) is 7.45. The average molecular weight is 395 g/mol. The van der Waals surface area contributed by atoms with E-state index in [9.17, 15) is 14.4 Å². The third-order valence-corrected chi connectivity index (χ3v) is 4.94. The summed E-state index contributed by atoms with van der Waals surface area (Å²) >= 11 is 0. The lowest BCUT2D eigenvalue weighted by Gasteiger charge is -2.36. The summed E-state index contributed by atoms with van der Waals surface area (Å²) in [6.45, 7) is 5.05. The average Bonchev–Trinajstić information content (AvgIpc) is 2.75. The number of carbonyl (C=O) groups is 3. The second kappa shape index (κ2) is 8.77. The van der Waals surface area contributed by atoms with Crippen molar-refractivity contribution in [2.75, 3.05) is 31.5 Å². The Morgan fingerprint density at radius 3 is 2.10 bits per heavy atom. The predicted octanol–water partition coefficient (Wildman–Crippen LogP) is 2.74. The molecule has 1 aliphatic rings. The molecule has 2 aromatic rings. The van der Waals surface area contributed by atoms with E-state index in [2.05, 4.69) is 5.32 Å². The number of nitrogens with zero attached hydrogens (tertiary/aromatic N) is 2. The van der Waals surface area contributed by atoms with Gasteiger partial charge in [-0.3, -0.25) is 14.4 Å². The molecule has 0 aliphatic carbocycles. The highest BCUT2D eigenvalue weighted by molar-refractivity contribution is 6.09. The van der Waals surface area contributed by atoms with Crippen molar-refractivity contribution in [3.05, 3.63) is 54.6 Å². The largest absolute Gasteiger partial charge is 0.457 e. The molecule has 7 nitrogen and oxygen atoms in total. The van der Waals surface area contributed by atoms with Crippen LogP contribution in [0.3, 0.4) is 0 Å². The van der Waals surface area contributed by atoms with Gasteiger partial charge in [-0.05, 0) is 50.2 Å². The third-order valence-electron chi connectivity index (χ3n) is 4.94. The van der Waals surface area contributed by atoms with Gasteiger partial charge in [-0.15, -0.1) is 0 Å². The van der Waals surface area contributed by atoms with Crippen molar-refractivity contribution in [3.8, 4) is 11.5 Å². The van der Waals surface area contributed by atoms with Crippen LogP contribution < -0.4 is 10.1 Å². The standard InChI is InChI=1S/C22H25N3O4/c1-22(2,21(28)25-14-12-24(16-26)13-15-25)20(27)23-17-8-10-19(11-9-17)29-18-6-4-3-5-7-18/h3-11,16H,12-15H2,1-2H3,(H,23,27). The van der Waals surface area contributed by atoms with Crippen LogP contribution in [0, 0.1) is 5.41 Å². The lowest BCUT2D eigenvalue weighted by Crippen LogP contribution is -2.54. The zero-order chi connectivity index (χ0) is 20.9. The van der Waals surface area contributed by atoms with Crippen molar-refractivity contribution < 1.29 is 19.1 Å². The van der Waals surface area contributed by atoms with Crippen LogP contribution in [0.1, 0.15) is 13.8 Å². The molecule has 1 heterocycles. The van der Waals surface area contributed by atoms with E-state index in [1.165, 1.54) is 0 Å². The van der Waals surface area contributed by atoms with Crippen LogP contribution >= 0.6 is 0 Å². The molecule has 3 rings (SSSR count). The number of benzene rings is 2. The Kier molecular flexibility index (Phi) is 6.16. The summed E-state index contributed by atoms with van der Waals surface area (Å²) in [5.74, 6) is 0.755. The van der Waals surface area contributed by atoms with Crippen molar-refractivity contribution in [1.82, 2.24) is 9.80 Å². The number of nitrogens with one attached hydrogen (secondary N) is 1. The monoisotopic (exact) mass is 395 g/mol. The van der Waals surface area contributed by atoms with E-state index < -0.39 is 5.41 Å². The minimum absolute atomic E-state index is 0.246. The van der Waals surface area contributed by atoms with Gasteiger partial charge in [0.2, 0.25) is 18.2 Å². The third kappa shape index (κ3) is 4.93. The van der Waals surface area contributed by atoms with Crippen molar-refractivity contribution >= 4 is 23.9 Å². The Morgan fingerprint density at radius 2 is 1.52 bits per heavy atom. The maximum absolute atomic E-state index is 12.8. The summed E-state index contributed by atoms with van der Waals surface area (Å²) in [5, 5.41) is 2.80. The molecule has 2 aromatic carbocycles. The van der Waals surface area contributed by atoms with E-state index in [4.69, 9.17) is 4.74 Å². The SMILES string of the molecule is CC(C)(C(=O)Nc1ccc(Oc2ccccc2)cc1)C(=O)N1CCN(C=O)CC1. The van der Waals surface area contributed by atoms with Crippen LogP contribution in [0.15, 0.2) is 54.6 Å². The molecule has 7 heteroatoms. The fraction of sp³-hybridized carbons (Fsp3) is 0.318. The van der Waals surface area contributed by atoms with Crippen molar-refractivity contribution in [2.24, 2.45) is 5.41 Å². The maximum atomic E-state index is 12.8. The number of ether oxygens (including phenoxy) is 1. The second-order valence-corrected chi connectivity index (χ2v) is 7.45. The van der Waals surface area contributed by atoms with Crippen LogP contribution in [0.25, 0.3) is 0 Å². The van der Waals surface area contributed by atoms with Crippen LogP contribution in [-0.4, -0.2) is 54.2 Å². The Hall–Kier alpha value is -3.35. The number of hydrogen-bond acceptors (Lipinski definition) is 4. The molecule has 0 spiro atoms. The number of hydrogen-bond donors (Lipinski definition) is 1. The first-order valence-electron chi connectivity index (χ1n) is 9.53. The molecule has 3 amide bonds. The molecule has 0 aromatic heterocycles. The van der Waals surface area contributed by atoms with Crippen LogP contribution in [0.2, 0.25) is 0 Å². The molecule has 1 N–H and O–H groups in total. The van der Waals surface area contributed by atoms with E-state index in [0.717, 1.165) is 12.2 Å². The minimum Gasteiger partial charge on any atom is -0.457 e.